The highest BCUT2D eigenvalue weighted by Gasteiger charge is 2.37. The first-order valence-corrected chi connectivity index (χ1v) is 9.25. The van der Waals surface area contributed by atoms with Crippen LogP contribution in [0.2, 0.25) is 5.02 Å². The average Bonchev–Trinajstić information content (AvgIpc) is 2.42. The van der Waals surface area contributed by atoms with Crippen molar-refractivity contribution in [2.75, 3.05) is 13.2 Å². The third kappa shape index (κ3) is 4.19. The van der Waals surface area contributed by atoms with Crippen molar-refractivity contribution < 1.29 is 17.5 Å². The van der Waals surface area contributed by atoms with Crippen molar-refractivity contribution in [3.8, 4) is 0 Å². The largest absolute Gasteiger partial charge is 0.381 e. The number of benzene rings is 1. The fourth-order valence-corrected chi connectivity index (χ4v) is 4.94. The number of halogens is 2. The fourth-order valence-electron chi connectivity index (χ4n) is 2.78. The lowest BCUT2D eigenvalue weighted by atomic mass is 9.93. The summed E-state index contributed by atoms with van der Waals surface area (Å²) in [6.45, 7) is 4.23. The zero-order valence-electron chi connectivity index (χ0n) is 12.7. The van der Waals surface area contributed by atoms with Gasteiger partial charge >= 0.3 is 0 Å². The summed E-state index contributed by atoms with van der Waals surface area (Å²) in [5.74, 6) is -0.731. The number of rotatable bonds is 5. The molecule has 1 aliphatic rings. The molecule has 0 amide bonds. The Morgan fingerprint density at radius 1 is 1.45 bits per heavy atom. The van der Waals surface area contributed by atoms with Crippen LogP contribution < -0.4 is 4.72 Å². The minimum Gasteiger partial charge on any atom is -0.381 e. The smallest absolute Gasteiger partial charge is 0.215 e. The molecule has 4 nitrogen and oxygen atoms in total. The molecular weight excluding hydrogens is 329 g/mol. The molecule has 0 radical (unpaired) electrons. The van der Waals surface area contributed by atoms with Crippen molar-refractivity contribution in [1.82, 2.24) is 4.72 Å². The van der Waals surface area contributed by atoms with E-state index in [-0.39, 0.29) is 25.0 Å². The first-order valence-electron chi connectivity index (χ1n) is 7.33. The molecule has 1 heterocycles. The first-order chi connectivity index (χ1) is 10.3. The van der Waals surface area contributed by atoms with E-state index in [1.54, 1.807) is 19.9 Å². The molecule has 1 aromatic rings. The van der Waals surface area contributed by atoms with Gasteiger partial charge in [-0.05, 0) is 38.8 Å². The summed E-state index contributed by atoms with van der Waals surface area (Å²) in [5.41, 5.74) is 0.351. The predicted octanol–water partition coefficient (Wildman–Crippen LogP) is 2.75. The molecule has 1 aromatic carbocycles. The second kappa shape index (κ2) is 7.25. The van der Waals surface area contributed by atoms with Gasteiger partial charge in [0.15, 0.2) is 0 Å². The van der Waals surface area contributed by atoms with E-state index in [1.807, 2.05) is 0 Å². The molecule has 1 N–H and O–H groups in total. The van der Waals surface area contributed by atoms with Crippen molar-refractivity contribution >= 4 is 21.6 Å². The molecule has 7 heteroatoms. The fraction of sp³-hybridized carbons (Fsp3) is 0.600. The Labute approximate surface area is 136 Å². The highest BCUT2D eigenvalue weighted by atomic mass is 35.5. The van der Waals surface area contributed by atoms with Gasteiger partial charge in [-0.3, -0.25) is 0 Å². The Morgan fingerprint density at radius 3 is 2.82 bits per heavy atom. The number of ether oxygens (including phenoxy) is 1. The van der Waals surface area contributed by atoms with Gasteiger partial charge in [0.25, 0.3) is 0 Å². The average molecular weight is 350 g/mol. The normalized spacial score (nSPS) is 23.0. The van der Waals surface area contributed by atoms with Gasteiger partial charge in [-0.1, -0.05) is 17.7 Å². The number of hydrogen-bond donors (Lipinski definition) is 1. The zero-order chi connectivity index (χ0) is 16.3. The van der Waals surface area contributed by atoms with Crippen LogP contribution in [0, 0.1) is 11.7 Å². The highest BCUT2D eigenvalue weighted by Crippen LogP contribution is 2.29. The van der Waals surface area contributed by atoms with Crippen molar-refractivity contribution in [1.29, 1.82) is 0 Å². The standard InChI is InChI=1S/C15H21ClFNO3S/c1-10(2)18-22(19,20)15-6-7-21-9-11(15)8-12-13(16)4-3-5-14(12)17/h3-5,10-11,15,18H,6-9H2,1-2H3. The van der Waals surface area contributed by atoms with Gasteiger partial charge in [-0.25, -0.2) is 17.5 Å². The Balaban J connectivity index is 2.24. The molecular formula is C15H21ClFNO3S. The summed E-state index contributed by atoms with van der Waals surface area (Å²) >= 11 is 6.05. The Bertz CT molecular complexity index is 601. The van der Waals surface area contributed by atoms with E-state index >= 15 is 0 Å². The van der Waals surface area contributed by atoms with Gasteiger partial charge in [0.2, 0.25) is 10.0 Å². The molecule has 2 unspecified atom stereocenters. The highest BCUT2D eigenvalue weighted by molar-refractivity contribution is 7.90. The van der Waals surface area contributed by atoms with Crippen LogP contribution >= 0.6 is 11.6 Å². The summed E-state index contributed by atoms with van der Waals surface area (Å²) in [5, 5.41) is -0.280. The molecule has 124 valence electrons. The lowest BCUT2D eigenvalue weighted by Crippen LogP contribution is -2.46. The van der Waals surface area contributed by atoms with Crippen LogP contribution in [-0.4, -0.2) is 32.9 Å². The topological polar surface area (TPSA) is 55.4 Å². The second-order valence-electron chi connectivity index (χ2n) is 5.88. The minimum atomic E-state index is -3.47. The van der Waals surface area contributed by atoms with Crippen molar-refractivity contribution in [3.05, 3.63) is 34.6 Å². The maximum atomic E-state index is 13.9. The molecule has 1 saturated heterocycles. The van der Waals surface area contributed by atoms with Gasteiger partial charge in [0, 0.05) is 29.2 Å². The van der Waals surface area contributed by atoms with Crippen molar-refractivity contribution in [2.24, 2.45) is 5.92 Å². The summed E-state index contributed by atoms with van der Waals surface area (Å²) in [4.78, 5) is 0. The summed E-state index contributed by atoms with van der Waals surface area (Å²) in [6, 6.07) is 4.30. The Morgan fingerprint density at radius 2 is 2.18 bits per heavy atom. The van der Waals surface area contributed by atoms with Crippen LogP contribution in [0.5, 0.6) is 0 Å². The van der Waals surface area contributed by atoms with E-state index in [9.17, 15) is 12.8 Å². The van der Waals surface area contributed by atoms with Crippen LogP contribution in [0.15, 0.2) is 18.2 Å². The Kier molecular flexibility index (Phi) is 5.82. The SMILES string of the molecule is CC(C)NS(=O)(=O)C1CCOCC1Cc1c(F)cccc1Cl. The third-order valence-corrected chi connectivity index (χ3v) is 6.30. The van der Waals surface area contributed by atoms with E-state index in [4.69, 9.17) is 16.3 Å². The van der Waals surface area contributed by atoms with E-state index in [2.05, 4.69) is 4.72 Å². The quantitative estimate of drug-likeness (QED) is 0.889. The first kappa shape index (κ1) is 17.7. The maximum absolute atomic E-state index is 13.9. The van der Waals surface area contributed by atoms with E-state index in [1.165, 1.54) is 12.1 Å². The van der Waals surface area contributed by atoms with E-state index < -0.39 is 21.1 Å². The minimum absolute atomic E-state index is 0.175. The number of hydrogen-bond acceptors (Lipinski definition) is 3. The van der Waals surface area contributed by atoms with Gasteiger partial charge in [-0.2, -0.15) is 0 Å². The van der Waals surface area contributed by atoms with Gasteiger partial charge < -0.3 is 4.74 Å². The molecule has 0 bridgehead atoms. The molecule has 0 spiro atoms. The van der Waals surface area contributed by atoms with Crippen LogP contribution in [0.1, 0.15) is 25.8 Å². The second-order valence-corrected chi connectivity index (χ2v) is 8.22. The number of nitrogens with one attached hydrogen (secondary N) is 1. The third-order valence-electron chi connectivity index (χ3n) is 3.73. The van der Waals surface area contributed by atoms with E-state index in [0.29, 0.717) is 23.6 Å². The summed E-state index contributed by atoms with van der Waals surface area (Å²) in [6.07, 6.45) is 0.647. The monoisotopic (exact) mass is 349 g/mol. The van der Waals surface area contributed by atoms with E-state index in [0.717, 1.165) is 0 Å². The summed E-state index contributed by atoms with van der Waals surface area (Å²) < 4.78 is 46.9. The van der Waals surface area contributed by atoms with Crippen molar-refractivity contribution in [3.63, 3.8) is 0 Å². The van der Waals surface area contributed by atoms with Crippen LogP contribution in [0.3, 0.4) is 0 Å². The molecule has 0 saturated carbocycles. The lowest BCUT2D eigenvalue weighted by Gasteiger charge is -2.32. The van der Waals surface area contributed by atoms with Gasteiger partial charge in [0.1, 0.15) is 5.82 Å². The molecule has 1 aliphatic heterocycles. The zero-order valence-corrected chi connectivity index (χ0v) is 14.3. The lowest BCUT2D eigenvalue weighted by molar-refractivity contribution is 0.0567. The van der Waals surface area contributed by atoms with Gasteiger partial charge in [-0.15, -0.1) is 0 Å². The molecule has 0 aromatic heterocycles. The van der Waals surface area contributed by atoms with Crippen LogP contribution in [-0.2, 0) is 21.2 Å². The number of sulfonamides is 1. The predicted molar refractivity (Wildman–Crippen MR) is 85.0 cm³/mol. The van der Waals surface area contributed by atoms with Crippen molar-refractivity contribution in [2.45, 2.75) is 38.0 Å². The van der Waals surface area contributed by atoms with Crippen LogP contribution in [0.25, 0.3) is 0 Å². The Hall–Kier alpha value is -0.690. The molecule has 2 atom stereocenters. The molecule has 0 aliphatic carbocycles. The van der Waals surface area contributed by atoms with Crippen LogP contribution in [0.4, 0.5) is 4.39 Å². The molecule has 22 heavy (non-hydrogen) atoms. The maximum Gasteiger partial charge on any atom is 0.215 e. The summed E-state index contributed by atoms with van der Waals surface area (Å²) in [7, 11) is -3.47. The van der Waals surface area contributed by atoms with Gasteiger partial charge in [0.05, 0.1) is 11.9 Å². The molecule has 1 fully saturated rings. The molecule has 2 rings (SSSR count).